The van der Waals surface area contributed by atoms with Crippen LogP contribution in [0.2, 0.25) is 0 Å². The zero-order valence-corrected chi connectivity index (χ0v) is 11.7. The largest absolute Gasteiger partial charge is 0.319 e. The minimum Gasteiger partial charge on any atom is -0.319 e. The summed E-state index contributed by atoms with van der Waals surface area (Å²) < 4.78 is 2.15. The van der Waals surface area contributed by atoms with E-state index in [1.54, 1.807) is 11.3 Å². The van der Waals surface area contributed by atoms with Crippen molar-refractivity contribution in [2.24, 2.45) is 11.8 Å². The molecule has 2 atom stereocenters. The fraction of sp³-hybridized carbons (Fsp3) is 0.643. The van der Waals surface area contributed by atoms with Crippen molar-refractivity contribution in [2.45, 2.75) is 32.1 Å². The molecule has 3 nitrogen and oxygen atoms in total. The molecule has 18 heavy (non-hydrogen) atoms. The van der Waals surface area contributed by atoms with Gasteiger partial charge in [0.2, 0.25) is 0 Å². The highest BCUT2D eigenvalue weighted by Crippen LogP contribution is 2.32. The van der Waals surface area contributed by atoms with Crippen LogP contribution in [0, 0.1) is 11.8 Å². The first-order valence-corrected chi connectivity index (χ1v) is 7.80. The van der Waals surface area contributed by atoms with Gasteiger partial charge in [0, 0.05) is 17.8 Å². The van der Waals surface area contributed by atoms with E-state index in [0.717, 1.165) is 29.8 Å². The first kappa shape index (κ1) is 12.2. The van der Waals surface area contributed by atoms with Gasteiger partial charge < -0.3 is 5.32 Å². The van der Waals surface area contributed by atoms with Gasteiger partial charge in [0.15, 0.2) is 4.96 Å². The Hall–Kier alpha value is -0.870. The van der Waals surface area contributed by atoms with Crippen molar-refractivity contribution in [3.05, 3.63) is 23.5 Å². The van der Waals surface area contributed by atoms with E-state index < -0.39 is 0 Å². The minimum atomic E-state index is 0.816. The van der Waals surface area contributed by atoms with E-state index in [9.17, 15) is 0 Å². The lowest BCUT2D eigenvalue weighted by Gasteiger charge is -2.31. The molecule has 2 aromatic heterocycles. The predicted octanol–water partition coefficient (Wildman–Crippen LogP) is 2.96. The normalized spacial score (nSPS) is 24.7. The molecule has 1 saturated carbocycles. The smallest absolute Gasteiger partial charge is 0.193 e. The van der Waals surface area contributed by atoms with Crippen LogP contribution in [0.5, 0.6) is 0 Å². The Morgan fingerprint density at radius 3 is 3.00 bits per heavy atom. The third-order valence-electron chi connectivity index (χ3n) is 4.15. The minimum absolute atomic E-state index is 0.816. The van der Waals surface area contributed by atoms with E-state index >= 15 is 0 Å². The van der Waals surface area contributed by atoms with Gasteiger partial charge in [0.05, 0.1) is 5.69 Å². The van der Waals surface area contributed by atoms with Gasteiger partial charge in [-0.2, -0.15) is 0 Å². The standard InChI is InChI=1S/C14H21N3S/c1-15-9-12-5-3-2-4-11(12)8-13-10-17-6-7-18-14(17)16-13/h6-7,10-12,15H,2-5,8-9H2,1H3. The number of aromatic nitrogens is 2. The average Bonchev–Trinajstić information content (AvgIpc) is 2.92. The molecule has 1 aliphatic carbocycles. The van der Waals surface area contributed by atoms with Gasteiger partial charge in [-0.1, -0.05) is 12.8 Å². The number of hydrogen-bond donors (Lipinski definition) is 1. The zero-order chi connectivity index (χ0) is 12.4. The summed E-state index contributed by atoms with van der Waals surface area (Å²) in [6.07, 6.45) is 11.0. The summed E-state index contributed by atoms with van der Waals surface area (Å²) in [6, 6.07) is 0. The number of thiazole rings is 1. The van der Waals surface area contributed by atoms with Crippen molar-refractivity contribution in [1.29, 1.82) is 0 Å². The number of rotatable bonds is 4. The molecule has 0 amide bonds. The molecule has 4 heteroatoms. The molecule has 1 aliphatic rings. The third-order valence-corrected chi connectivity index (χ3v) is 4.92. The van der Waals surface area contributed by atoms with Crippen molar-refractivity contribution >= 4 is 16.3 Å². The van der Waals surface area contributed by atoms with Crippen LogP contribution >= 0.6 is 11.3 Å². The molecule has 2 aromatic rings. The Balaban J connectivity index is 1.71. The lowest BCUT2D eigenvalue weighted by molar-refractivity contribution is 0.231. The van der Waals surface area contributed by atoms with E-state index in [1.165, 1.54) is 31.4 Å². The van der Waals surface area contributed by atoms with Crippen molar-refractivity contribution in [3.8, 4) is 0 Å². The van der Waals surface area contributed by atoms with Crippen molar-refractivity contribution in [3.63, 3.8) is 0 Å². The fourth-order valence-corrected chi connectivity index (χ4v) is 3.95. The van der Waals surface area contributed by atoms with Gasteiger partial charge in [-0.25, -0.2) is 4.98 Å². The fourth-order valence-electron chi connectivity index (χ4n) is 3.23. The summed E-state index contributed by atoms with van der Waals surface area (Å²) in [7, 11) is 2.07. The second-order valence-electron chi connectivity index (χ2n) is 5.39. The van der Waals surface area contributed by atoms with Crippen LogP contribution in [0.1, 0.15) is 31.4 Å². The maximum atomic E-state index is 4.72. The summed E-state index contributed by atoms with van der Waals surface area (Å²) in [5, 5.41) is 5.44. The quantitative estimate of drug-likeness (QED) is 0.919. The zero-order valence-electron chi connectivity index (χ0n) is 10.9. The van der Waals surface area contributed by atoms with Crippen molar-refractivity contribution < 1.29 is 0 Å². The lowest BCUT2D eigenvalue weighted by Crippen LogP contribution is -2.30. The molecule has 0 spiro atoms. The van der Waals surface area contributed by atoms with E-state index in [0.29, 0.717) is 0 Å². The Morgan fingerprint density at radius 2 is 2.22 bits per heavy atom. The van der Waals surface area contributed by atoms with Gasteiger partial charge in [0.1, 0.15) is 0 Å². The Morgan fingerprint density at radius 1 is 1.39 bits per heavy atom. The van der Waals surface area contributed by atoms with Gasteiger partial charge in [-0.15, -0.1) is 11.3 Å². The summed E-state index contributed by atoms with van der Waals surface area (Å²) in [5.41, 5.74) is 1.27. The van der Waals surface area contributed by atoms with E-state index in [2.05, 4.69) is 34.5 Å². The molecule has 98 valence electrons. The Labute approximate surface area is 112 Å². The summed E-state index contributed by atoms with van der Waals surface area (Å²) in [6.45, 7) is 1.16. The van der Waals surface area contributed by atoms with Crippen LogP contribution in [0.3, 0.4) is 0 Å². The van der Waals surface area contributed by atoms with Crippen LogP contribution in [-0.2, 0) is 6.42 Å². The SMILES string of the molecule is CNCC1CCCCC1Cc1cn2ccsc2n1. The molecule has 0 bridgehead atoms. The molecule has 2 unspecified atom stereocenters. The van der Waals surface area contributed by atoms with Gasteiger partial charge >= 0.3 is 0 Å². The molecule has 0 saturated heterocycles. The second kappa shape index (κ2) is 5.41. The van der Waals surface area contributed by atoms with E-state index in [4.69, 9.17) is 4.98 Å². The average molecular weight is 263 g/mol. The highest BCUT2D eigenvalue weighted by molar-refractivity contribution is 7.15. The first-order chi connectivity index (χ1) is 8.86. The van der Waals surface area contributed by atoms with Crippen molar-refractivity contribution in [2.75, 3.05) is 13.6 Å². The summed E-state index contributed by atoms with van der Waals surface area (Å²) in [4.78, 5) is 5.85. The molecule has 1 fully saturated rings. The Bertz CT molecular complexity index is 471. The highest BCUT2D eigenvalue weighted by Gasteiger charge is 2.25. The third kappa shape index (κ3) is 2.45. The Kier molecular flexibility index (Phi) is 3.66. The number of nitrogens with one attached hydrogen (secondary N) is 1. The summed E-state index contributed by atoms with van der Waals surface area (Å²) in [5.74, 6) is 1.65. The maximum absolute atomic E-state index is 4.72. The van der Waals surface area contributed by atoms with Gasteiger partial charge in [0.25, 0.3) is 0 Å². The summed E-state index contributed by atoms with van der Waals surface area (Å²) >= 11 is 1.72. The van der Waals surface area contributed by atoms with Crippen LogP contribution in [0.15, 0.2) is 17.8 Å². The topological polar surface area (TPSA) is 29.3 Å². The first-order valence-electron chi connectivity index (χ1n) is 6.92. The van der Waals surface area contributed by atoms with Crippen LogP contribution in [0.25, 0.3) is 4.96 Å². The molecular formula is C14H21N3S. The van der Waals surface area contributed by atoms with Gasteiger partial charge in [-0.3, -0.25) is 4.40 Å². The second-order valence-corrected chi connectivity index (χ2v) is 6.26. The maximum Gasteiger partial charge on any atom is 0.193 e. The monoisotopic (exact) mass is 263 g/mol. The van der Waals surface area contributed by atoms with Crippen molar-refractivity contribution in [1.82, 2.24) is 14.7 Å². The van der Waals surface area contributed by atoms with Crippen LogP contribution in [-0.4, -0.2) is 23.0 Å². The highest BCUT2D eigenvalue weighted by atomic mass is 32.1. The van der Waals surface area contributed by atoms with Gasteiger partial charge in [-0.05, 0) is 44.7 Å². The number of fused-ring (bicyclic) bond motifs is 1. The number of imidazole rings is 1. The van der Waals surface area contributed by atoms with Crippen LogP contribution in [0.4, 0.5) is 0 Å². The molecule has 2 heterocycles. The molecular weight excluding hydrogens is 242 g/mol. The molecule has 1 N–H and O–H groups in total. The van der Waals surface area contributed by atoms with E-state index in [-0.39, 0.29) is 0 Å². The lowest BCUT2D eigenvalue weighted by atomic mass is 9.77. The predicted molar refractivity (Wildman–Crippen MR) is 76.1 cm³/mol. The molecule has 0 radical (unpaired) electrons. The molecule has 3 rings (SSSR count). The molecule has 0 aliphatic heterocycles. The van der Waals surface area contributed by atoms with E-state index in [1.807, 2.05) is 0 Å². The molecule has 0 aromatic carbocycles. The number of nitrogens with zero attached hydrogens (tertiary/aromatic N) is 2. The number of hydrogen-bond acceptors (Lipinski definition) is 3. The van der Waals surface area contributed by atoms with Crippen LogP contribution < -0.4 is 5.32 Å².